The van der Waals surface area contributed by atoms with Gasteiger partial charge in [0.2, 0.25) is 53.2 Å². The van der Waals surface area contributed by atoms with Crippen molar-refractivity contribution >= 4 is 81.2 Å². The van der Waals surface area contributed by atoms with E-state index in [9.17, 15) is 68.2 Å². The van der Waals surface area contributed by atoms with Crippen molar-refractivity contribution < 1.29 is 62.2 Å². The zero-order valence-electron chi connectivity index (χ0n) is 46.3. The van der Waals surface area contributed by atoms with Gasteiger partial charge in [-0.3, -0.25) is 63.4 Å². The van der Waals surface area contributed by atoms with Crippen LogP contribution in [-0.4, -0.2) is 143 Å². The molecule has 1 fully saturated rings. The van der Waals surface area contributed by atoms with Crippen LogP contribution >= 0.6 is 0 Å². The number of nitrogens with two attached hydrogens (primary N) is 2. The lowest BCUT2D eigenvalue weighted by molar-refractivity contribution is -0.393. The first-order valence-electron chi connectivity index (χ1n) is 26.4. The number of primary amides is 1. The maximum absolute atomic E-state index is 14.3. The summed E-state index contributed by atoms with van der Waals surface area (Å²) in [5.41, 5.74) is 9.24. The van der Waals surface area contributed by atoms with Crippen molar-refractivity contribution in [3.8, 4) is 5.75 Å². The summed E-state index contributed by atoms with van der Waals surface area (Å²) in [5.74, 6) is -7.07. The zero-order valence-corrected chi connectivity index (χ0v) is 46.3. The average molecular weight is 1140 g/mol. The number of fused-ring (bicyclic) bond motifs is 1. The largest absolute Gasteiger partial charge is 0.497 e. The summed E-state index contributed by atoms with van der Waals surface area (Å²) in [6.45, 7) is 8.80. The molecule has 0 unspecified atom stereocenters. The summed E-state index contributed by atoms with van der Waals surface area (Å²) in [5, 5.41) is 44.1. The number of non-ortho nitro benzene ring substituents is 1. The number of anilines is 1. The van der Waals surface area contributed by atoms with E-state index in [0.717, 1.165) is 12.1 Å². The molecule has 12 N–H and O–H groups in total. The van der Waals surface area contributed by atoms with Gasteiger partial charge in [-0.05, 0) is 101 Å². The lowest BCUT2D eigenvalue weighted by Crippen LogP contribution is -2.59. The summed E-state index contributed by atoms with van der Waals surface area (Å²) in [7, 11) is 1.45. The number of methoxy groups -OCH3 is 1. The van der Waals surface area contributed by atoms with E-state index in [4.69, 9.17) is 20.6 Å². The second kappa shape index (κ2) is 30.6. The highest BCUT2D eigenvalue weighted by atomic mass is 16.6. The number of nitrogens with one attached hydrogen (secondary N) is 8. The van der Waals surface area contributed by atoms with Crippen LogP contribution in [0, 0.1) is 32.1 Å². The SMILES string of the molecule is COc1ccc2c(CC(=O)N[C@@H](CCCCN)C(=O)N3CCC[C@H]3C(=O)N[C@@H](CC(C)C)C(=O)NCC(=O)N[C@@H](CC(C)C)C(=O)N[C@@H](CNc3ccc([N+](=O)[O-])cc3[N+](=O)[O-])C(=O)N[C@@H](C)C(=O)N[C@@H](C)C(N)=O)cc(=O)oc2c1. The molecular formula is C52H73N13O16. The Balaban J connectivity index is 1.47. The Morgan fingerprint density at radius 2 is 1.38 bits per heavy atom. The predicted molar refractivity (Wildman–Crippen MR) is 293 cm³/mol. The highest BCUT2D eigenvalue weighted by Gasteiger charge is 2.39. The predicted octanol–water partition coefficient (Wildman–Crippen LogP) is 0.0349. The molecule has 2 aromatic carbocycles. The van der Waals surface area contributed by atoms with Crippen LogP contribution in [-0.2, 0) is 49.6 Å². The Labute approximate surface area is 465 Å². The van der Waals surface area contributed by atoms with Crippen molar-refractivity contribution in [3.05, 3.63) is 78.7 Å². The van der Waals surface area contributed by atoms with Crippen LogP contribution in [0.1, 0.15) is 92.1 Å². The van der Waals surface area contributed by atoms with E-state index >= 15 is 0 Å². The average Bonchev–Trinajstić information content (AvgIpc) is 3.90. The number of carbonyl (C=O) groups is 9. The first-order valence-corrected chi connectivity index (χ1v) is 26.4. The number of benzene rings is 2. The summed E-state index contributed by atoms with van der Waals surface area (Å²) >= 11 is 0. The molecule has 1 aliphatic rings. The van der Waals surface area contributed by atoms with Crippen molar-refractivity contribution in [3.63, 3.8) is 0 Å². The minimum atomic E-state index is -1.65. The third-order valence-electron chi connectivity index (χ3n) is 13.0. The number of likely N-dealkylation sites (tertiary alicyclic amines) is 1. The van der Waals surface area contributed by atoms with Gasteiger partial charge in [0.25, 0.3) is 11.4 Å². The van der Waals surface area contributed by atoms with Gasteiger partial charge in [-0.15, -0.1) is 0 Å². The van der Waals surface area contributed by atoms with Crippen LogP contribution in [0.3, 0.4) is 0 Å². The zero-order chi connectivity index (χ0) is 60.2. The van der Waals surface area contributed by atoms with Crippen molar-refractivity contribution in [2.75, 3.05) is 38.6 Å². The van der Waals surface area contributed by atoms with Crippen LogP contribution < -0.4 is 64.4 Å². The van der Waals surface area contributed by atoms with E-state index in [0.29, 0.717) is 48.6 Å². The van der Waals surface area contributed by atoms with Crippen LogP contribution in [0.4, 0.5) is 17.1 Å². The number of amides is 9. The molecule has 1 aromatic heterocycles. The fraction of sp³-hybridized carbons (Fsp3) is 0.538. The van der Waals surface area contributed by atoms with Crippen LogP contribution in [0.25, 0.3) is 11.0 Å². The third kappa shape index (κ3) is 19.5. The van der Waals surface area contributed by atoms with Crippen LogP contribution in [0.15, 0.2) is 51.7 Å². The number of nitrogens with zero attached hydrogens (tertiary/aromatic N) is 3. The standard InChI is InChI=1S/C52H73N13O16/c1-27(2)19-37(61-51(74)40-12-10-18-63(40)52(75)36(11-8-9-17-53)59-43(66)21-31-22-45(68)81-42-24-33(80-7)14-15-34(31)42)48(71)56-26-44(67)60-38(20-28(3)4)49(72)62-39(50(73)58-30(6)47(70)57-29(5)46(54)69)25-55-35-16-13-32(64(76)77)23-41(35)65(78)79/h13-16,22-24,27-30,36-40,55H,8-12,17-21,25-26,53H2,1-7H3,(H2,54,69)(H,56,71)(H,57,70)(H,58,73)(H,59,66)(H,60,67)(H,61,74)(H,62,72)/t29-,30-,36-,37-,38-,39-,40-/m0/s1. The Bertz CT molecular complexity index is 2880. The van der Waals surface area contributed by atoms with Gasteiger partial charge in [0.05, 0.1) is 36.0 Å². The number of rotatable bonds is 31. The molecule has 0 radical (unpaired) electrons. The molecule has 1 aliphatic heterocycles. The van der Waals surface area contributed by atoms with Crippen molar-refractivity contribution in [2.24, 2.45) is 23.3 Å². The van der Waals surface area contributed by atoms with E-state index in [1.165, 1.54) is 38.0 Å². The molecule has 0 aliphatic carbocycles. The van der Waals surface area contributed by atoms with Gasteiger partial charge >= 0.3 is 5.63 Å². The number of hydrogen-bond donors (Lipinski definition) is 10. The lowest BCUT2D eigenvalue weighted by atomic mass is 10.0. The Kier molecular flexibility index (Phi) is 24.4. The van der Waals surface area contributed by atoms with Gasteiger partial charge in [-0.1, -0.05) is 27.7 Å². The van der Waals surface area contributed by atoms with Gasteiger partial charge in [-0.2, -0.15) is 0 Å². The molecule has 7 atom stereocenters. The molecule has 3 aromatic rings. The normalized spacial score (nSPS) is 15.2. The maximum Gasteiger partial charge on any atom is 0.336 e. The number of hydrogen-bond acceptors (Lipinski definition) is 18. The highest BCUT2D eigenvalue weighted by Crippen LogP contribution is 2.29. The third-order valence-corrected chi connectivity index (χ3v) is 13.0. The molecule has 0 saturated carbocycles. The van der Waals surface area contributed by atoms with E-state index in [1.54, 1.807) is 39.8 Å². The first-order chi connectivity index (χ1) is 38.2. The number of ether oxygens (including phenoxy) is 1. The number of unbranched alkanes of at least 4 members (excludes halogenated alkanes) is 1. The minimum absolute atomic E-state index is 0.0236. The maximum atomic E-state index is 14.3. The summed E-state index contributed by atoms with van der Waals surface area (Å²) in [4.78, 5) is 157. The molecular weight excluding hydrogens is 1060 g/mol. The molecule has 1 saturated heterocycles. The second-order valence-corrected chi connectivity index (χ2v) is 20.4. The molecule has 4 rings (SSSR count). The highest BCUT2D eigenvalue weighted by molar-refractivity contribution is 5.98. The summed E-state index contributed by atoms with van der Waals surface area (Å²) in [6.07, 6.45) is 1.63. The van der Waals surface area contributed by atoms with E-state index in [-0.39, 0.29) is 61.8 Å². The van der Waals surface area contributed by atoms with Crippen molar-refractivity contribution in [1.29, 1.82) is 0 Å². The molecule has 81 heavy (non-hydrogen) atoms. The number of nitro groups is 2. The monoisotopic (exact) mass is 1140 g/mol. The van der Waals surface area contributed by atoms with Crippen LogP contribution in [0.2, 0.25) is 0 Å². The summed E-state index contributed by atoms with van der Waals surface area (Å²) in [6, 6.07) is -0.119. The smallest absolute Gasteiger partial charge is 0.336 e. The number of carbonyl (C=O) groups excluding carboxylic acids is 9. The Hall–Kier alpha value is -8.76. The Morgan fingerprint density at radius 1 is 0.741 bits per heavy atom. The topological polar surface area (TPSA) is 431 Å². The van der Waals surface area contributed by atoms with E-state index < -0.39 is 135 Å². The molecule has 0 spiro atoms. The minimum Gasteiger partial charge on any atom is -0.497 e. The Morgan fingerprint density at radius 3 is 2.00 bits per heavy atom. The molecule has 442 valence electrons. The van der Waals surface area contributed by atoms with E-state index in [2.05, 4.69) is 42.5 Å². The van der Waals surface area contributed by atoms with Gasteiger partial charge < -0.3 is 68.1 Å². The summed E-state index contributed by atoms with van der Waals surface area (Å²) < 4.78 is 10.5. The van der Waals surface area contributed by atoms with Gasteiger partial charge in [0, 0.05) is 36.7 Å². The fourth-order valence-electron chi connectivity index (χ4n) is 8.78. The molecule has 29 nitrogen and oxygen atoms in total. The molecule has 2 heterocycles. The van der Waals surface area contributed by atoms with Crippen LogP contribution in [0.5, 0.6) is 5.75 Å². The molecule has 9 amide bonds. The number of nitro benzene ring substituents is 2. The second-order valence-electron chi connectivity index (χ2n) is 20.4. The van der Waals surface area contributed by atoms with Gasteiger partial charge in [-0.25, -0.2) is 4.79 Å². The molecule has 0 bridgehead atoms. The molecule has 29 heteroatoms. The van der Waals surface area contributed by atoms with Crippen molar-refractivity contribution in [2.45, 2.75) is 135 Å². The lowest BCUT2D eigenvalue weighted by Gasteiger charge is -2.30. The van der Waals surface area contributed by atoms with Gasteiger partial charge in [0.15, 0.2) is 0 Å². The quantitative estimate of drug-likeness (QED) is 0.0176. The van der Waals surface area contributed by atoms with Crippen molar-refractivity contribution in [1.82, 2.24) is 42.1 Å². The fourth-order valence-corrected chi connectivity index (χ4v) is 8.78. The first kappa shape index (κ1) is 64.8. The van der Waals surface area contributed by atoms with E-state index in [1.807, 2.05) is 0 Å². The van der Waals surface area contributed by atoms with Gasteiger partial charge in [0.1, 0.15) is 59.3 Å².